The summed E-state index contributed by atoms with van der Waals surface area (Å²) in [7, 11) is 0. The second-order valence-corrected chi connectivity index (χ2v) is 2.72. The molecule has 60 valence electrons. The summed E-state index contributed by atoms with van der Waals surface area (Å²) in [6.07, 6.45) is 0.867. The van der Waals surface area contributed by atoms with E-state index in [1.807, 2.05) is 42.5 Å². The molecular weight excluding hydrogens is 187 g/mol. The average molecular weight is 196 g/mol. The Balaban J connectivity index is 0.000000845. The molecule has 0 heterocycles. The second kappa shape index (κ2) is 5.03. The molecule has 2 aromatic carbocycles. The van der Waals surface area contributed by atoms with Crippen LogP contribution in [-0.2, 0) is 0 Å². The second-order valence-electron chi connectivity index (χ2n) is 2.72. The van der Waals surface area contributed by atoms with E-state index >= 15 is 0 Å². The van der Waals surface area contributed by atoms with E-state index in [1.165, 1.54) is 5.39 Å². The van der Waals surface area contributed by atoms with Crippen molar-refractivity contribution in [3.8, 4) is 0 Å². The number of benzene rings is 2. The van der Waals surface area contributed by atoms with Crippen molar-refractivity contribution < 1.29 is 57.6 Å². The molecule has 2 rings (SSSR count). The molecule has 0 amide bonds. The molecule has 13 heavy (non-hydrogen) atoms. The largest absolute Gasteiger partial charge is 1.00 e. The van der Waals surface area contributed by atoms with Gasteiger partial charge < -0.3 is 1.43 Å². The van der Waals surface area contributed by atoms with E-state index in [0.29, 0.717) is 0 Å². The maximum atomic E-state index is 10.5. The molecule has 0 radical (unpaired) electrons. The maximum absolute atomic E-state index is 10.5. The number of aldehydes is 1. The minimum absolute atomic E-state index is 0. The van der Waals surface area contributed by atoms with Gasteiger partial charge in [0.05, 0.1) is 0 Å². The Bertz CT molecular complexity index is 428. The van der Waals surface area contributed by atoms with Crippen molar-refractivity contribution in [1.29, 1.82) is 0 Å². The number of carbonyl (C=O) groups is 1. The molecule has 0 aliphatic heterocycles. The molecule has 0 aliphatic rings. The Labute approximate surface area is 121 Å². The van der Waals surface area contributed by atoms with Crippen molar-refractivity contribution in [3.63, 3.8) is 0 Å². The Morgan fingerprint density at radius 3 is 2.38 bits per heavy atom. The molecular formula is C11H9KO. The van der Waals surface area contributed by atoms with Gasteiger partial charge in [0.25, 0.3) is 0 Å². The summed E-state index contributed by atoms with van der Waals surface area (Å²) in [6.45, 7) is 0. The molecule has 0 saturated carbocycles. The fourth-order valence-electron chi connectivity index (χ4n) is 1.28. The molecule has 0 spiro atoms. The van der Waals surface area contributed by atoms with Crippen LogP contribution in [0.25, 0.3) is 10.8 Å². The van der Waals surface area contributed by atoms with E-state index in [4.69, 9.17) is 0 Å². The van der Waals surface area contributed by atoms with E-state index in [-0.39, 0.29) is 52.8 Å². The van der Waals surface area contributed by atoms with Gasteiger partial charge in [0, 0.05) is 5.56 Å². The van der Waals surface area contributed by atoms with Crippen LogP contribution >= 0.6 is 0 Å². The van der Waals surface area contributed by atoms with Crippen molar-refractivity contribution in [3.05, 3.63) is 48.0 Å². The van der Waals surface area contributed by atoms with Crippen molar-refractivity contribution in [2.24, 2.45) is 0 Å². The van der Waals surface area contributed by atoms with Crippen LogP contribution in [0.1, 0.15) is 11.8 Å². The van der Waals surface area contributed by atoms with Gasteiger partial charge >= 0.3 is 51.4 Å². The van der Waals surface area contributed by atoms with E-state index in [2.05, 4.69) is 0 Å². The summed E-state index contributed by atoms with van der Waals surface area (Å²) in [4.78, 5) is 10.5. The summed E-state index contributed by atoms with van der Waals surface area (Å²) in [5.74, 6) is 0. The monoisotopic (exact) mass is 196 g/mol. The number of hydrogen-bond donors (Lipinski definition) is 0. The van der Waals surface area contributed by atoms with Crippen LogP contribution in [0.4, 0.5) is 0 Å². The van der Waals surface area contributed by atoms with E-state index < -0.39 is 0 Å². The first-order valence-corrected chi connectivity index (χ1v) is 3.84. The first kappa shape index (κ1) is 11.1. The molecule has 1 nitrogen and oxygen atoms in total. The fourth-order valence-corrected chi connectivity index (χ4v) is 1.28. The number of carbonyl (C=O) groups excluding carboxylic acids is 1. The zero-order chi connectivity index (χ0) is 8.39. The molecule has 0 atom stereocenters. The fraction of sp³-hybridized carbons (Fsp3) is 0. The Morgan fingerprint density at radius 2 is 1.69 bits per heavy atom. The van der Waals surface area contributed by atoms with E-state index in [0.717, 1.165) is 17.2 Å². The van der Waals surface area contributed by atoms with Gasteiger partial charge in [-0.3, -0.25) is 4.79 Å². The predicted octanol–water partition coefficient (Wildman–Crippen LogP) is -0.231. The van der Waals surface area contributed by atoms with Gasteiger partial charge in [-0.25, -0.2) is 0 Å². The number of hydrogen-bond acceptors (Lipinski definition) is 1. The van der Waals surface area contributed by atoms with Gasteiger partial charge in [0.1, 0.15) is 6.29 Å². The molecule has 0 saturated heterocycles. The standard InChI is InChI=1S/C11H8O.K.H/c12-8-9-5-6-10-3-1-2-4-11(10)7-9;;/h1-8H;;/q;+1;-1. The number of rotatable bonds is 1. The van der Waals surface area contributed by atoms with Crippen molar-refractivity contribution in [2.45, 2.75) is 0 Å². The topological polar surface area (TPSA) is 17.1 Å². The Hall–Kier alpha value is 0.00636. The van der Waals surface area contributed by atoms with Crippen LogP contribution in [-0.4, -0.2) is 6.29 Å². The third-order valence-electron chi connectivity index (χ3n) is 1.91. The van der Waals surface area contributed by atoms with Crippen LogP contribution in [0.2, 0.25) is 0 Å². The van der Waals surface area contributed by atoms with Crippen molar-refractivity contribution in [2.75, 3.05) is 0 Å². The van der Waals surface area contributed by atoms with Gasteiger partial charge in [-0.2, -0.15) is 0 Å². The predicted molar refractivity (Wildman–Crippen MR) is 50.4 cm³/mol. The smallest absolute Gasteiger partial charge is 1.00 e. The first-order valence-electron chi connectivity index (χ1n) is 3.84. The molecule has 0 aromatic heterocycles. The third kappa shape index (κ3) is 2.48. The van der Waals surface area contributed by atoms with Crippen molar-refractivity contribution >= 4 is 17.1 Å². The van der Waals surface area contributed by atoms with Crippen LogP contribution in [0.15, 0.2) is 42.5 Å². The molecule has 0 N–H and O–H groups in total. The van der Waals surface area contributed by atoms with Crippen LogP contribution in [0.3, 0.4) is 0 Å². The third-order valence-corrected chi connectivity index (χ3v) is 1.91. The Kier molecular flexibility index (Phi) is 4.29. The first-order chi connectivity index (χ1) is 5.90. The van der Waals surface area contributed by atoms with Crippen molar-refractivity contribution in [1.82, 2.24) is 0 Å². The van der Waals surface area contributed by atoms with Crippen LogP contribution in [0.5, 0.6) is 0 Å². The van der Waals surface area contributed by atoms with Gasteiger partial charge in [0.2, 0.25) is 0 Å². The van der Waals surface area contributed by atoms with Crippen LogP contribution < -0.4 is 51.4 Å². The zero-order valence-electron chi connectivity index (χ0n) is 8.53. The summed E-state index contributed by atoms with van der Waals surface area (Å²) < 4.78 is 0. The minimum atomic E-state index is 0. The maximum Gasteiger partial charge on any atom is 1.00 e. The molecule has 0 bridgehead atoms. The summed E-state index contributed by atoms with van der Waals surface area (Å²) in [5.41, 5.74) is 0.730. The van der Waals surface area contributed by atoms with E-state index in [9.17, 15) is 4.79 Å². The normalized spacial score (nSPS) is 9.23. The Morgan fingerprint density at radius 1 is 1.00 bits per heavy atom. The average Bonchev–Trinajstić information content (AvgIpc) is 2.17. The van der Waals surface area contributed by atoms with Gasteiger partial charge in [-0.1, -0.05) is 36.4 Å². The van der Waals surface area contributed by atoms with Gasteiger partial charge in [-0.15, -0.1) is 0 Å². The van der Waals surface area contributed by atoms with Crippen LogP contribution in [0, 0.1) is 0 Å². The molecule has 0 unspecified atom stereocenters. The van der Waals surface area contributed by atoms with Gasteiger partial charge in [0.15, 0.2) is 0 Å². The number of fused-ring (bicyclic) bond motifs is 1. The van der Waals surface area contributed by atoms with E-state index in [1.54, 1.807) is 0 Å². The summed E-state index contributed by atoms with van der Waals surface area (Å²) in [5, 5.41) is 2.28. The summed E-state index contributed by atoms with van der Waals surface area (Å²) in [6, 6.07) is 13.7. The summed E-state index contributed by atoms with van der Waals surface area (Å²) >= 11 is 0. The zero-order valence-corrected chi connectivity index (χ0v) is 10.7. The molecule has 0 aliphatic carbocycles. The molecule has 0 fully saturated rings. The molecule has 2 heteroatoms. The minimum Gasteiger partial charge on any atom is -1.00 e. The van der Waals surface area contributed by atoms with Gasteiger partial charge in [-0.05, 0) is 16.8 Å². The molecule has 2 aromatic rings. The quantitative estimate of drug-likeness (QED) is 0.455. The SMILES string of the molecule is O=Cc1ccc2ccccc2c1.[H-].[K+].